The van der Waals surface area contributed by atoms with Crippen LogP contribution in [-0.2, 0) is 22.6 Å². The van der Waals surface area contributed by atoms with Gasteiger partial charge in [-0.1, -0.05) is 25.4 Å². The number of carbonyl (C=O) groups excluding carboxylic acids is 2. The summed E-state index contributed by atoms with van der Waals surface area (Å²) in [5.41, 5.74) is 3.85. The van der Waals surface area contributed by atoms with Crippen molar-refractivity contribution in [1.29, 1.82) is 0 Å². The third-order valence-corrected chi connectivity index (χ3v) is 4.84. The maximum Gasteiger partial charge on any atom is 0.243 e. The van der Waals surface area contributed by atoms with Crippen LogP contribution in [0.5, 0.6) is 0 Å². The van der Waals surface area contributed by atoms with Gasteiger partial charge in [-0.25, -0.2) is 0 Å². The van der Waals surface area contributed by atoms with Crippen LogP contribution in [0.1, 0.15) is 37.2 Å². The van der Waals surface area contributed by atoms with Crippen molar-refractivity contribution in [2.75, 3.05) is 18.9 Å². The lowest BCUT2D eigenvalue weighted by molar-refractivity contribution is -0.133. The molecule has 1 aromatic carbocycles. The zero-order valence-electron chi connectivity index (χ0n) is 17.3. The van der Waals surface area contributed by atoms with Gasteiger partial charge in [0.2, 0.25) is 11.8 Å². The summed E-state index contributed by atoms with van der Waals surface area (Å²) in [4.78, 5) is 26.1. The van der Waals surface area contributed by atoms with Crippen molar-refractivity contribution in [2.45, 2.75) is 47.1 Å². The van der Waals surface area contributed by atoms with Crippen LogP contribution in [0, 0.1) is 19.8 Å². The Morgan fingerprint density at radius 1 is 1.21 bits per heavy atom. The first-order valence-corrected chi connectivity index (χ1v) is 9.87. The average molecular weight is 405 g/mol. The van der Waals surface area contributed by atoms with Crippen molar-refractivity contribution in [2.24, 2.45) is 5.92 Å². The molecule has 0 saturated carbocycles. The van der Waals surface area contributed by atoms with E-state index < -0.39 is 0 Å². The summed E-state index contributed by atoms with van der Waals surface area (Å²) in [6, 6.07) is 6.86. The second-order valence-electron chi connectivity index (χ2n) is 7.53. The van der Waals surface area contributed by atoms with Gasteiger partial charge in [0, 0.05) is 36.4 Å². The predicted molar refractivity (Wildman–Crippen MR) is 113 cm³/mol. The minimum atomic E-state index is -0.240. The first kappa shape index (κ1) is 22.0. The maximum atomic E-state index is 12.5. The first-order chi connectivity index (χ1) is 13.2. The van der Waals surface area contributed by atoms with Gasteiger partial charge in [0.1, 0.15) is 0 Å². The van der Waals surface area contributed by atoms with Crippen molar-refractivity contribution in [3.05, 3.63) is 46.2 Å². The molecule has 0 aliphatic carbocycles. The number of nitrogens with zero attached hydrogens (tertiary/aromatic N) is 3. The van der Waals surface area contributed by atoms with Gasteiger partial charge < -0.3 is 10.2 Å². The number of anilines is 1. The molecule has 152 valence electrons. The highest BCUT2D eigenvalue weighted by molar-refractivity contribution is 6.30. The zero-order valence-corrected chi connectivity index (χ0v) is 18.0. The van der Waals surface area contributed by atoms with Crippen LogP contribution < -0.4 is 5.32 Å². The number of nitrogens with one attached hydrogen (secondary N) is 1. The topological polar surface area (TPSA) is 67.2 Å². The molecule has 1 heterocycles. The van der Waals surface area contributed by atoms with E-state index in [1.54, 1.807) is 31.3 Å². The quantitative estimate of drug-likeness (QED) is 0.726. The van der Waals surface area contributed by atoms with Crippen LogP contribution in [-0.4, -0.2) is 40.1 Å². The number of hydrogen-bond acceptors (Lipinski definition) is 3. The monoisotopic (exact) mass is 404 g/mol. The molecular formula is C21H29ClN4O2. The number of likely N-dealkylation sites (N-methyl/N-ethyl adjacent to an activating group) is 1. The second-order valence-corrected chi connectivity index (χ2v) is 7.97. The second kappa shape index (κ2) is 9.73. The average Bonchev–Trinajstić information content (AvgIpc) is 2.87. The summed E-state index contributed by atoms with van der Waals surface area (Å²) in [6.07, 6.45) is 0.970. The van der Waals surface area contributed by atoms with Gasteiger partial charge in [-0.15, -0.1) is 0 Å². The Kier molecular flexibility index (Phi) is 7.63. The van der Waals surface area contributed by atoms with E-state index >= 15 is 0 Å². The lowest BCUT2D eigenvalue weighted by Crippen LogP contribution is -2.35. The van der Waals surface area contributed by atoms with Crippen LogP contribution >= 0.6 is 11.6 Å². The van der Waals surface area contributed by atoms with Crippen LogP contribution in [0.3, 0.4) is 0 Å². The molecular weight excluding hydrogens is 376 g/mol. The summed E-state index contributed by atoms with van der Waals surface area (Å²) < 4.78 is 2.02. The summed E-state index contributed by atoms with van der Waals surface area (Å²) >= 11 is 5.84. The zero-order chi connectivity index (χ0) is 20.8. The van der Waals surface area contributed by atoms with E-state index in [1.165, 1.54) is 4.90 Å². The Labute approximate surface area is 171 Å². The summed E-state index contributed by atoms with van der Waals surface area (Å²) in [5, 5.41) is 7.96. The molecule has 7 heteroatoms. The molecule has 0 radical (unpaired) electrons. The number of halogens is 1. The minimum Gasteiger partial charge on any atom is -0.336 e. The Morgan fingerprint density at radius 3 is 2.46 bits per heavy atom. The number of carbonyl (C=O) groups is 2. The molecule has 0 atom stereocenters. The molecule has 6 nitrogen and oxygen atoms in total. The summed E-state index contributed by atoms with van der Waals surface area (Å²) in [5.74, 6) is 0.203. The Morgan fingerprint density at radius 2 is 1.86 bits per heavy atom. The van der Waals surface area contributed by atoms with E-state index in [0.717, 1.165) is 23.5 Å². The normalized spacial score (nSPS) is 11.0. The smallest absolute Gasteiger partial charge is 0.243 e. The van der Waals surface area contributed by atoms with Crippen molar-refractivity contribution >= 4 is 29.1 Å². The van der Waals surface area contributed by atoms with Gasteiger partial charge in [0.05, 0.1) is 12.2 Å². The number of benzene rings is 1. The molecule has 0 fully saturated rings. The van der Waals surface area contributed by atoms with E-state index in [4.69, 9.17) is 11.6 Å². The van der Waals surface area contributed by atoms with E-state index in [1.807, 2.05) is 18.5 Å². The van der Waals surface area contributed by atoms with Gasteiger partial charge in [-0.2, -0.15) is 5.10 Å². The third-order valence-electron chi connectivity index (χ3n) is 4.59. The summed E-state index contributed by atoms with van der Waals surface area (Å²) in [7, 11) is 1.64. The number of aryl methyl sites for hydroxylation is 1. The molecule has 0 saturated heterocycles. The van der Waals surface area contributed by atoms with E-state index in [9.17, 15) is 9.59 Å². The van der Waals surface area contributed by atoms with E-state index in [-0.39, 0.29) is 18.4 Å². The van der Waals surface area contributed by atoms with Gasteiger partial charge in [-0.05, 0) is 56.0 Å². The highest BCUT2D eigenvalue weighted by atomic mass is 35.5. The molecule has 0 unspecified atom stereocenters. The lowest BCUT2D eigenvalue weighted by Gasteiger charge is -2.17. The van der Waals surface area contributed by atoms with Crippen LogP contribution in [0.15, 0.2) is 24.3 Å². The minimum absolute atomic E-state index is 0.00599. The Bertz CT molecular complexity index is 828. The molecule has 28 heavy (non-hydrogen) atoms. The van der Waals surface area contributed by atoms with Crippen molar-refractivity contribution in [1.82, 2.24) is 14.7 Å². The van der Waals surface area contributed by atoms with Crippen LogP contribution in [0.2, 0.25) is 5.02 Å². The first-order valence-electron chi connectivity index (χ1n) is 9.49. The Balaban J connectivity index is 1.88. The fourth-order valence-corrected chi connectivity index (χ4v) is 3.21. The molecule has 0 aliphatic rings. The van der Waals surface area contributed by atoms with Gasteiger partial charge in [0.15, 0.2) is 0 Å². The maximum absolute atomic E-state index is 12.5. The molecule has 0 aliphatic heterocycles. The number of aromatic nitrogens is 2. The molecule has 2 rings (SSSR count). The van der Waals surface area contributed by atoms with Crippen molar-refractivity contribution < 1.29 is 9.59 Å². The van der Waals surface area contributed by atoms with Crippen molar-refractivity contribution in [3.8, 4) is 0 Å². The summed E-state index contributed by atoms with van der Waals surface area (Å²) in [6.45, 7) is 9.21. The van der Waals surface area contributed by atoms with E-state index in [0.29, 0.717) is 29.5 Å². The SMILES string of the molecule is Cc1nn(CC(C)C)c(C)c1CCC(=O)N(C)CC(=O)Nc1ccc(Cl)cc1. The number of amides is 2. The van der Waals surface area contributed by atoms with Crippen LogP contribution in [0.25, 0.3) is 0 Å². The predicted octanol–water partition coefficient (Wildman–Crippen LogP) is 3.84. The molecule has 0 bridgehead atoms. The molecule has 1 N–H and O–H groups in total. The van der Waals surface area contributed by atoms with Gasteiger partial charge in [-0.3, -0.25) is 14.3 Å². The number of rotatable bonds is 8. The molecule has 0 spiro atoms. The lowest BCUT2D eigenvalue weighted by atomic mass is 10.1. The largest absolute Gasteiger partial charge is 0.336 e. The van der Waals surface area contributed by atoms with Crippen molar-refractivity contribution in [3.63, 3.8) is 0 Å². The number of hydrogen-bond donors (Lipinski definition) is 1. The molecule has 1 aromatic heterocycles. The van der Waals surface area contributed by atoms with Crippen LogP contribution in [0.4, 0.5) is 5.69 Å². The third kappa shape index (κ3) is 6.09. The fraction of sp³-hybridized carbons (Fsp3) is 0.476. The highest BCUT2D eigenvalue weighted by Crippen LogP contribution is 2.17. The van der Waals surface area contributed by atoms with Gasteiger partial charge in [0.25, 0.3) is 0 Å². The Hall–Kier alpha value is -2.34. The van der Waals surface area contributed by atoms with Gasteiger partial charge >= 0.3 is 0 Å². The molecule has 2 amide bonds. The molecule has 2 aromatic rings. The standard InChI is InChI=1S/C21H29ClN4O2/c1-14(2)12-26-16(4)19(15(3)24-26)10-11-21(28)25(5)13-20(27)23-18-8-6-17(22)7-9-18/h6-9,14H,10-13H2,1-5H3,(H,23,27). The van der Waals surface area contributed by atoms with E-state index in [2.05, 4.69) is 24.3 Å². The fourth-order valence-electron chi connectivity index (χ4n) is 3.08. The highest BCUT2D eigenvalue weighted by Gasteiger charge is 2.17.